The molecule has 1 heterocycles. The van der Waals surface area contributed by atoms with Gasteiger partial charge >= 0.3 is 0 Å². The predicted molar refractivity (Wildman–Crippen MR) is 100 cm³/mol. The number of hydrogen-bond acceptors (Lipinski definition) is 4. The Kier molecular flexibility index (Phi) is 5.71. The van der Waals surface area contributed by atoms with E-state index >= 15 is 0 Å². The topological polar surface area (TPSA) is 73.2 Å². The molecule has 1 aromatic carbocycles. The molecule has 0 spiro atoms. The van der Waals surface area contributed by atoms with Crippen molar-refractivity contribution in [2.75, 3.05) is 7.11 Å². The largest absolute Gasteiger partial charge is 0.497 e. The molecule has 0 bridgehead atoms. The van der Waals surface area contributed by atoms with E-state index in [1.807, 2.05) is 24.3 Å². The maximum absolute atomic E-state index is 12.6. The van der Waals surface area contributed by atoms with Crippen LogP contribution in [0.25, 0.3) is 11.3 Å². The molecule has 1 aromatic heterocycles. The second kappa shape index (κ2) is 8.17. The minimum atomic E-state index is -0.657. The van der Waals surface area contributed by atoms with Crippen molar-refractivity contribution in [3.05, 3.63) is 46.8 Å². The summed E-state index contributed by atoms with van der Waals surface area (Å²) < 4.78 is 6.50. The van der Waals surface area contributed by atoms with Gasteiger partial charge in [0.15, 0.2) is 0 Å². The highest BCUT2D eigenvalue weighted by Crippen LogP contribution is 2.22. The van der Waals surface area contributed by atoms with E-state index in [1.165, 1.54) is 17.2 Å². The van der Waals surface area contributed by atoms with Gasteiger partial charge in [-0.1, -0.05) is 31.4 Å². The number of ether oxygens (including phenoxy) is 1. The summed E-state index contributed by atoms with van der Waals surface area (Å²) in [6.07, 6.45) is 5.52. The van der Waals surface area contributed by atoms with E-state index in [-0.39, 0.29) is 17.5 Å². The molecule has 1 amide bonds. The van der Waals surface area contributed by atoms with E-state index < -0.39 is 6.04 Å². The van der Waals surface area contributed by atoms with E-state index in [4.69, 9.17) is 4.74 Å². The van der Waals surface area contributed by atoms with Crippen molar-refractivity contribution in [3.63, 3.8) is 0 Å². The molecule has 26 heavy (non-hydrogen) atoms. The van der Waals surface area contributed by atoms with E-state index in [0.29, 0.717) is 11.4 Å². The van der Waals surface area contributed by atoms with Gasteiger partial charge in [-0.3, -0.25) is 9.59 Å². The van der Waals surface area contributed by atoms with Crippen molar-refractivity contribution < 1.29 is 9.53 Å². The Bertz CT molecular complexity index is 825. The smallest absolute Gasteiger partial charge is 0.267 e. The minimum absolute atomic E-state index is 0.158. The Morgan fingerprint density at radius 2 is 2.00 bits per heavy atom. The second-order valence-corrected chi connectivity index (χ2v) is 6.75. The van der Waals surface area contributed by atoms with Crippen LogP contribution in [0.3, 0.4) is 0 Å². The van der Waals surface area contributed by atoms with Crippen LogP contribution in [0.1, 0.15) is 45.1 Å². The third-order valence-corrected chi connectivity index (χ3v) is 4.89. The molecule has 1 N–H and O–H groups in total. The molecule has 0 saturated heterocycles. The van der Waals surface area contributed by atoms with Crippen LogP contribution in [-0.4, -0.2) is 28.8 Å². The molecule has 1 aliphatic rings. The van der Waals surface area contributed by atoms with Gasteiger partial charge in [0.05, 0.1) is 12.8 Å². The average molecular weight is 355 g/mol. The fraction of sp³-hybridized carbons (Fsp3) is 0.450. The Labute approximate surface area is 153 Å². The highest BCUT2D eigenvalue weighted by Gasteiger charge is 2.22. The third kappa shape index (κ3) is 4.12. The summed E-state index contributed by atoms with van der Waals surface area (Å²) in [5, 5.41) is 7.48. The molecule has 3 rings (SSSR count). The zero-order valence-corrected chi connectivity index (χ0v) is 15.3. The van der Waals surface area contributed by atoms with Gasteiger partial charge in [0.25, 0.3) is 5.56 Å². The van der Waals surface area contributed by atoms with E-state index in [2.05, 4.69) is 10.4 Å². The first kappa shape index (κ1) is 18.2. The van der Waals surface area contributed by atoms with Gasteiger partial charge < -0.3 is 10.1 Å². The zero-order chi connectivity index (χ0) is 18.5. The van der Waals surface area contributed by atoms with Gasteiger partial charge in [-0.15, -0.1) is 0 Å². The molecular formula is C20H25N3O3. The molecule has 0 aliphatic heterocycles. The first-order chi connectivity index (χ1) is 12.6. The number of benzene rings is 1. The number of nitrogens with zero attached hydrogens (tertiary/aromatic N) is 2. The van der Waals surface area contributed by atoms with E-state index in [0.717, 1.165) is 31.2 Å². The van der Waals surface area contributed by atoms with Crippen LogP contribution in [0.4, 0.5) is 0 Å². The summed E-state index contributed by atoms with van der Waals surface area (Å²) in [4.78, 5) is 24.8. The lowest BCUT2D eigenvalue weighted by Gasteiger charge is -2.24. The van der Waals surface area contributed by atoms with Crippen molar-refractivity contribution in [1.29, 1.82) is 0 Å². The monoisotopic (exact) mass is 355 g/mol. The van der Waals surface area contributed by atoms with E-state index in [9.17, 15) is 9.59 Å². The average Bonchev–Trinajstić information content (AvgIpc) is 2.68. The van der Waals surface area contributed by atoms with E-state index in [1.54, 1.807) is 20.1 Å². The maximum Gasteiger partial charge on any atom is 0.267 e. The molecule has 1 fully saturated rings. The van der Waals surface area contributed by atoms with Crippen LogP contribution < -0.4 is 15.6 Å². The number of methoxy groups -OCH3 is 1. The van der Waals surface area contributed by atoms with Crippen LogP contribution in [0, 0.1) is 0 Å². The normalized spacial score (nSPS) is 16.1. The van der Waals surface area contributed by atoms with Crippen LogP contribution in [0.5, 0.6) is 5.75 Å². The molecule has 138 valence electrons. The zero-order valence-electron chi connectivity index (χ0n) is 15.3. The Morgan fingerprint density at radius 3 is 2.73 bits per heavy atom. The Balaban J connectivity index is 1.82. The highest BCUT2D eigenvalue weighted by molar-refractivity contribution is 5.80. The first-order valence-electron chi connectivity index (χ1n) is 9.13. The lowest BCUT2D eigenvalue weighted by molar-refractivity contribution is -0.125. The molecular weight excluding hydrogens is 330 g/mol. The van der Waals surface area contributed by atoms with Gasteiger partial charge in [0, 0.05) is 17.7 Å². The molecule has 1 unspecified atom stereocenters. The van der Waals surface area contributed by atoms with Gasteiger partial charge in [0.1, 0.15) is 11.8 Å². The lowest BCUT2D eigenvalue weighted by atomic mass is 9.95. The number of rotatable bonds is 5. The second-order valence-electron chi connectivity index (χ2n) is 6.75. The fourth-order valence-electron chi connectivity index (χ4n) is 3.32. The number of amides is 1. The van der Waals surface area contributed by atoms with Crippen molar-refractivity contribution in [3.8, 4) is 17.0 Å². The summed E-state index contributed by atoms with van der Waals surface area (Å²) in [7, 11) is 1.60. The van der Waals surface area contributed by atoms with Gasteiger partial charge in [-0.2, -0.15) is 5.10 Å². The standard InChI is InChI=1S/C20H25N3O3/c1-14(20(25)21-16-8-4-3-5-9-16)23-19(24)12-11-18(22-23)15-7-6-10-17(13-15)26-2/h6-7,10-14,16H,3-5,8-9H2,1-2H3,(H,21,25). The van der Waals surface area contributed by atoms with Crippen LogP contribution in [-0.2, 0) is 4.79 Å². The maximum atomic E-state index is 12.6. The summed E-state index contributed by atoms with van der Waals surface area (Å²) >= 11 is 0. The number of nitrogens with one attached hydrogen (secondary N) is 1. The van der Waals surface area contributed by atoms with Crippen LogP contribution in [0.15, 0.2) is 41.2 Å². The summed E-state index contributed by atoms with van der Waals surface area (Å²) in [5.41, 5.74) is 1.17. The molecule has 1 saturated carbocycles. The number of carbonyl (C=O) groups excluding carboxylic acids is 1. The number of aromatic nitrogens is 2. The number of hydrogen-bond donors (Lipinski definition) is 1. The molecule has 1 aliphatic carbocycles. The quantitative estimate of drug-likeness (QED) is 0.895. The van der Waals surface area contributed by atoms with Gasteiger partial charge in [-0.25, -0.2) is 4.68 Å². The molecule has 1 atom stereocenters. The molecule has 0 radical (unpaired) electrons. The molecule has 2 aromatic rings. The van der Waals surface area contributed by atoms with Crippen molar-refractivity contribution in [2.24, 2.45) is 0 Å². The molecule has 6 heteroatoms. The van der Waals surface area contributed by atoms with Crippen molar-refractivity contribution in [2.45, 2.75) is 51.1 Å². The number of carbonyl (C=O) groups is 1. The summed E-state index contributed by atoms with van der Waals surface area (Å²) in [5.74, 6) is 0.555. The van der Waals surface area contributed by atoms with Crippen LogP contribution >= 0.6 is 0 Å². The first-order valence-corrected chi connectivity index (χ1v) is 9.13. The SMILES string of the molecule is COc1cccc(-c2ccc(=O)n(C(C)C(=O)NC3CCCCC3)n2)c1. The minimum Gasteiger partial charge on any atom is -0.497 e. The highest BCUT2D eigenvalue weighted by atomic mass is 16.5. The lowest BCUT2D eigenvalue weighted by Crippen LogP contribution is -2.42. The fourth-order valence-corrected chi connectivity index (χ4v) is 3.32. The third-order valence-electron chi connectivity index (χ3n) is 4.89. The Morgan fingerprint density at radius 1 is 1.23 bits per heavy atom. The van der Waals surface area contributed by atoms with Crippen LogP contribution in [0.2, 0.25) is 0 Å². The van der Waals surface area contributed by atoms with Crippen molar-refractivity contribution in [1.82, 2.24) is 15.1 Å². The summed E-state index contributed by atoms with van der Waals surface area (Å²) in [6.45, 7) is 1.71. The Hall–Kier alpha value is -2.63. The van der Waals surface area contributed by atoms with Gasteiger partial charge in [-0.05, 0) is 38.0 Å². The predicted octanol–water partition coefficient (Wildman–Crippen LogP) is 2.93. The molecule has 6 nitrogen and oxygen atoms in total. The van der Waals surface area contributed by atoms with Crippen molar-refractivity contribution >= 4 is 5.91 Å². The summed E-state index contributed by atoms with van der Waals surface area (Å²) in [6, 6.07) is 10.1. The van der Waals surface area contributed by atoms with Gasteiger partial charge in [0.2, 0.25) is 5.91 Å².